The number of hydrogen-bond donors (Lipinski definition) is 1. The molecular formula is C19H20FNO3. The molecule has 0 saturated heterocycles. The third-order valence-corrected chi connectivity index (χ3v) is 3.30. The van der Waals surface area contributed by atoms with E-state index >= 15 is 0 Å². The number of methoxy groups -OCH3 is 1. The second-order valence-corrected chi connectivity index (χ2v) is 5.15. The second kappa shape index (κ2) is 8.15. The Morgan fingerprint density at radius 2 is 2.00 bits per heavy atom. The van der Waals surface area contributed by atoms with Gasteiger partial charge >= 0.3 is 0 Å². The van der Waals surface area contributed by atoms with Gasteiger partial charge in [0, 0.05) is 6.08 Å². The van der Waals surface area contributed by atoms with Crippen molar-refractivity contribution >= 4 is 17.7 Å². The Balaban J connectivity index is 2.08. The van der Waals surface area contributed by atoms with E-state index in [1.54, 1.807) is 38.3 Å². The molecule has 1 amide bonds. The third kappa shape index (κ3) is 4.59. The summed E-state index contributed by atoms with van der Waals surface area (Å²) in [6.07, 6.45) is 2.97. The summed E-state index contributed by atoms with van der Waals surface area (Å²) in [4.78, 5) is 11.9. The quantitative estimate of drug-likeness (QED) is 0.808. The fourth-order valence-corrected chi connectivity index (χ4v) is 2.13. The first-order valence-electron chi connectivity index (χ1n) is 7.59. The van der Waals surface area contributed by atoms with Crippen LogP contribution in [-0.4, -0.2) is 19.6 Å². The van der Waals surface area contributed by atoms with E-state index < -0.39 is 11.7 Å². The minimum Gasteiger partial charge on any atom is -0.493 e. The van der Waals surface area contributed by atoms with Crippen LogP contribution in [0.3, 0.4) is 0 Å². The maximum Gasteiger partial charge on any atom is 0.248 e. The highest BCUT2D eigenvalue weighted by Crippen LogP contribution is 2.28. The van der Waals surface area contributed by atoms with Gasteiger partial charge in [-0.05, 0) is 55.3 Å². The normalized spacial score (nSPS) is 10.7. The van der Waals surface area contributed by atoms with Crippen LogP contribution in [0.2, 0.25) is 0 Å². The zero-order valence-electron chi connectivity index (χ0n) is 13.9. The van der Waals surface area contributed by atoms with Crippen LogP contribution in [0, 0.1) is 12.7 Å². The van der Waals surface area contributed by atoms with Crippen molar-refractivity contribution < 1.29 is 18.7 Å². The zero-order valence-corrected chi connectivity index (χ0v) is 13.9. The van der Waals surface area contributed by atoms with Crippen LogP contribution in [0.4, 0.5) is 10.1 Å². The topological polar surface area (TPSA) is 47.6 Å². The van der Waals surface area contributed by atoms with E-state index in [9.17, 15) is 9.18 Å². The summed E-state index contributed by atoms with van der Waals surface area (Å²) in [6.45, 7) is 4.21. The minimum atomic E-state index is -0.459. The number of amides is 1. The van der Waals surface area contributed by atoms with E-state index in [1.165, 1.54) is 18.2 Å². The molecule has 0 atom stereocenters. The molecule has 0 saturated carbocycles. The standard InChI is InChI=1S/C19H20FNO3/c1-4-24-17-9-6-14(12-18(17)23-3)7-10-19(22)21-16-8-5-13(2)11-15(16)20/h5-12H,4H2,1-3H3,(H,21,22)/b10-7+. The van der Waals surface area contributed by atoms with Gasteiger partial charge in [-0.1, -0.05) is 12.1 Å². The summed E-state index contributed by atoms with van der Waals surface area (Å²) in [6, 6.07) is 10.00. The van der Waals surface area contributed by atoms with Crippen LogP contribution >= 0.6 is 0 Å². The number of hydrogen-bond acceptors (Lipinski definition) is 3. The predicted molar refractivity (Wildman–Crippen MR) is 93.0 cm³/mol. The maximum absolute atomic E-state index is 13.7. The van der Waals surface area contributed by atoms with Gasteiger partial charge in [-0.3, -0.25) is 4.79 Å². The summed E-state index contributed by atoms with van der Waals surface area (Å²) >= 11 is 0. The number of ether oxygens (including phenoxy) is 2. The molecule has 2 aromatic carbocycles. The van der Waals surface area contributed by atoms with Gasteiger partial charge in [-0.2, -0.15) is 0 Å². The summed E-state index contributed by atoms with van der Waals surface area (Å²) in [5.41, 5.74) is 1.72. The average Bonchev–Trinajstić information content (AvgIpc) is 2.56. The Bertz CT molecular complexity index is 756. The number of nitrogens with one attached hydrogen (secondary N) is 1. The van der Waals surface area contributed by atoms with Gasteiger partial charge in [0.2, 0.25) is 5.91 Å². The SMILES string of the molecule is CCOc1ccc(/C=C/C(=O)Nc2ccc(C)cc2F)cc1OC. The van der Waals surface area contributed by atoms with Gasteiger partial charge in [0.25, 0.3) is 0 Å². The van der Waals surface area contributed by atoms with Crippen LogP contribution in [0.15, 0.2) is 42.5 Å². The average molecular weight is 329 g/mol. The molecule has 2 rings (SSSR count). The molecule has 0 aromatic heterocycles. The van der Waals surface area contributed by atoms with E-state index in [4.69, 9.17) is 9.47 Å². The number of rotatable bonds is 6. The molecule has 126 valence electrons. The first-order chi connectivity index (χ1) is 11.5. The van der Waals surface area contributed by atoms with Crippen molar-refractivity contribution in [1.29, 1.82) is 0 Å². The third-order valence-electron chi connectivity index (χ3n) is 3.30. The predicted octanol–water partition coefficient (Wildman–Crippen LogP) is 4.19. The first kappa shape index (κ1) is 17.5. The van der Waals surface area contributed by atoms with E-state index in [-0.39, 0.29) is 5.69 Å². The second-order valence-electron chi connectivity index (χ2n) is 5.15. The fraction of sp³-hybridized carbons (Fsp3) is 0.211. The molecule has 0 spiro atoms. The molecule has 0 aliphatic carbocycles. The molecule has 0 aliphatic heterocycles. The van der Waals surface area contributed by atoms with Crippen molar-refractivity contribution in [2.75, 3.05) is 19.0 Å². The Kier molecular flexibility index (Phi) is 5.95. The number of anilines is 1. The number of benzene rings is 2. The Morgan fingerprint density at radius 1 is 1.21 bits per heavy atom. The van der Waals surface area contributed by atoms with Crippen molar-refractivity contribution in [3.05, 3.63) is 59.4 Å². The number of aryl methyl sites for hydroxylation is 1. The van der Waals surface area contributed by atoms with E-state index in [0.29, 0.717) is 18.1 Å². The van der Waals surface area contributed by atoms with Crippen LogP contribution in [-0.2, 0) is 4.79 Å². The zero-order chi connectivity index (χ0) is 17.5. The number of halogens is 1. The molecular weight excluding hydrogens is 309 g/mol. The lowest BCUT2D eigenvalue weighted by atomic mass is 10.2. The molecule has 0 heterocycles. The van der Waals surface area contributed by atoms with E-state index in [1.807, 2.05) is 13.0 Å². The summed E-state index contributed by atoms with van der Waals surface area (Å²) in [5.74, 6) is 0.359. The molecule has 2 aromatic rings. The summed E-state index contributed by atoms with van der Waals surface area (Å²) in [7, 11) is 1.55. The minimum absolute atomic E-state index is 0.152. The summed E-state index contributed by atoms with van der Waals surface area (Å²) < 4.78 is 24.4. The molecule has 1 N–H and O–H groups in total. The maximum atomic E-state index is 13.7. The lowest BCUT2D eigenvalue weighted by molar-refractivity contribution is -0.111. The van der Waals surface area contributed by atoms with Gasteiger partial charge in [0.15, 0.2) is 11.5 Å². The lowest BCUT2D eigenvalue weighted by Crippen LogP contribution is -2.09. The fourth-order valence-electron chi connectivity index (χ4n) is 2.13. The molecule has 0 bridgehead atoms. The highest BCUT2D eigenvalue weighted by Gasteiger charge is 2.06. The molecule has 5 heteroatoms. The van der Waals surface area contributed by atoms with Gasteiger partial charge in [0.1, 0.15) is 5.82 Å². The Labute approximate surface area is 140 Å². The van der Waals surface area contributed by atoms with Crippen molar-refractivity contribution in [2.24, 2.45) is 0 Å². The Morgan fingerprint density at radius 3 is 2.67 bits per heavy atom. The number of carbonyl (C=O) groups excluding carboxylic acids is 1. The van der Waals surface area contributed by atoms with Gasteiger partial charge in [-0.15, -0.1) is 0 Å². The Hall–Kier alpha value is -2.82. The molecule has 24 heavy (non-hydrogen) atoms. The highest BCUT2D eigenvalue weighted by atomic mass is 19.1. The number of carbonyl (C=O) groups is 1. The molecule has 0 unspecified atom stereocenters. The highest BCUT2D eigenvalue weighted by molar-refractivity contribution is 6.02. The van der Waals surface area contributed by atoms with Crippen LogP contribution in [0.1, 0.15) is 18.1 Å². The van der Waals surface area contributed by atoms with Gasteiger partial charge in [0.05, 0.1) is 19.4 Å². The van der Waals surface area contributed by atoms with Crippen molar-refractivity contribution in [2.45, 2.75) is 13.8 Å². The molecule has 0 fully saturated rings. The molecule has 4 nitrogen and oxygen atoms in total. The van der Waals surface area contributed by atoms with E-state index in [2.05, 4.69) is 5.32 Å². The first-order valence-corrected chi connectivity index (χ1v) is 7.59. The summed E-state index contributed by atoms with van der Waals surface area (Å²) in [5, 5.41) is 2.51. The van der Waals surface area contributed by atoms with Crippen molar-refractivity contribution in [1.82, 2.24) is 0 Å². The van der Waals surface area contributed by atoms with Gasteiger partial charge in [-0.25, -0.2) is 4.39 Å². The smallest absolute Gasteiger partial charge is 0.248 e. The van der Waals surface area contributed by atoms with Crippen molar-refractivity contribution in [3.63, 3.8) is 0 Å². The van der Waals surface area contributed by atoms with E-state index in [0.717, 1.165) is 11.1 Å². The molecule has 0 aliphatic rings. The molecule has 0 radical (unpaired) electrons. The van der Waals surface area contributed by atoms with Crippen molar-refractivity contribution in [3.8, 4) is 11.5 Å². The van der Waals surface area contributed by atoms with Gasteiger partial charge < -0.3 is 14.8 Å². The monoisotopic (exact) mass is 329 g/mol. The largest absolute Gasteiger partial charge is 0.493 e. The van der Waals surface area contributed by atoms with Crippen LogP contribution in [0.5, 0.6) is 11.5 Å². The lowest BCUT2D eigenvalue weighted by Gasteiger charge is -2.09. The van der Waals surface area contributed by atoms with Crippen LogP contribution < -0.4 is 14.8 Å². The van der Waals surface area contributed by atoms with Crippen LogP contribution in [0.25, 0.3) is 6.08 Å².